The first-order valence-corrected chi connectivity index (χ1v) is 10.3. The summed E-state index contributed by atoms with van der Waals surface area (Å²) in [6, 6.07) is 17.4. The van der Waals surface area contributed by atoms with Gasteiger partial charge >= 0.3 is 12.1 Å². The molecule has 4 N–H and O–H groups in total. The number of aliphatic hydroxyl groups is 1. The third-order valence-electron chi connectivity index (χ3n) is 5.44. The van der Waals surface area contributed by atoms with Crippen molar-refractivity contribution in [3.05, 3.63) is 77.7 Å². The second kappa shape index (κ2) is 9.58. The van der Waals surface area contributed by atoms with Crippen LogP contribution in [0.15, 0.2) is 65.3 Å². The number of carboxylic acid groups (broad SMARTS) is 1. The molecule has 1 unspecified atom stereocenters. The van der Waals surface area contributed by atoms with Crippen molar-refractivity contribution in [2.24, 2.45) is 0 Å². The molecule has 1 heterocycles. The first-order valence-electron chi connectivity index (χ1n) is 10.3. The van der Waals surface area contributed by atoms with Gasteiger partial charge in [-0.1, -0.05) is 48.5 Å². The molecule has 1 aliphatic rings. The van der Waals surface area contributed by atoms with Crippen LogP contribution in [-0.4, -0.2) is 47.4 Å². The van der Waals surface area contributed by atoms with Gasteiger partial charge in [0.05, 0.1) is 12.0 Å². The largest absolute Gasteiger partial charge is 0.479 e. The van der Waals surface area contributed by atoms with E-state index in [9.17, 15) is 19.5 Å². The number of nitrogens with one attached hydrogen (secondary N) is 2. The van der Waals surface area contributed by atoms with Crippen LogP contribution in [0.1, 0.15) is 34.0 Å². The molecule has 0 bridgehead atoms. The van der Waals surface area contributed by atoms with Crippen LogP contribution in [0, 0.1) is 0 Å². The number of fused-ring (bicyclic) bond motifs is 3. The van der Waals surface area contributed by atoms with E-state index in [1.54, 1.807) is 0 Å². The third-order valence-corrected chi connectivity index (χ3v) is 5.44. The number of carbonyl (C=O) groups excluding carboxylic acids is 2. The number of ether oxygens (including phenoxy) is 1. The number of amides is 2. The van der Waals surface area contributed by atoms with E-state index in [1.807, 2.05) is 48.5 Å². The van der Waals surface area contributed by atoms with E-state index >= 15 is 0 Å². The normalized spacial score (nSPS) is 13.0. The molecule has 0 aliphatic heterocycles. The summed E-state index contributed by atoms with van der Waals surface area (Å²) in [7, 11) is 0. The summed E-state index contributed by atoms with van der Waals surface area (Å²) >= 11 is 0. The number of carboxylic acids is 1. The van der Waals surface area contributed by atoms with Gasteiger partial charge in [0.25, 0.3) is 5.91 Å². The first kappa shape index (κ1) is 22.1. The average molecular weight is 450 g/mol. The van der Waals surface area contributed by atoms with E-state index in [0.717, 1.165) is 22.3 Å². The minimum atomic E-state index is -1.58. The first-order chi connectivity index (χ1) is 16.0. The highest BCUT2D eigenvalue weighted by molar-refractivity contribution is 6.00. The Morgan fingerprint density at radius 1 is 1.00 bits per heavy atom. The van der Waals surface area contributed by atoms with Crippen LogP contribution >= 0.6 is 0 Å². The zero-order chi connectivity index (χ0) is 23.4. The zero-order valence-electron chi connectivity index (χ0n) is 17.5. The Bertz CT molecular complexity index is 1140. The van der Waals surface area contributed by atoms with E-state index in [-0.39, 0.29) is 36.9 Å². The average Bonchev–Trinajstić information content (AvgIpc) is 3.40. The Morgan fingerprint density at radius 2 is 1.64 bits per heavy atom. The van der Waals surface area contributed by atoms with Crippen molar-refractivity contribution in [2.45, 2.75) is 18.4 Å². The predicted octanol–water partition coefficient (Wildman–Crippen LogP) is 3.21. The Labute approximate surface area is 189 Å². The lowest BCUT2D eigenvalue weighted by atomic mass is 9.98. The van der Waals surface area contributed by atoms with Crippen molar-refractivity contribution >= 4 is 23.7 Å². The summed E-state index contributed by atoms with van der Waals surface area (Å²) < 4.78 is 10.6. The summed E-state index contributed by atoms with van der Waals surface area (Å²) in [4.78, 5) is 35.3. The summed E-state index contributed by atoms with van der Waals surface area (Å²) in [6.45, 7) is 0.0315. The molecule has 2 amide bonds. The van der Waals surface area contributed by atoms with Crippen molar-refractivity contribution in [3.63, 3.8) is 0 Å². The van der Waals surface area contributed by atoms with Crippen molar-refractivity contribution in [1.82, 2.24) is 5.32 Å². The fourth-order valence-electron chi connectivity index (χ4n) is 3.85. The fourth-order valence-corrected chi connectivity index (χ4v) is 3.85. The second-order valence-electron chi connectivity index (χ2n) is 7.51. The highest BCUT2D eigenvalue weighted by atomic mass is 16.5. The molecule has 0 radical (unpaired) electrons. The predicted molar refractivity (Wildman–Crippen MR) is 118 cm³/mol. The molecule has 4 rings (SSSR count). The Hall–Kier alpha value is -4.11. The maximum Gasteiger partial charge on any atom is 0.411 e. The highest BCUT2D eigenvalue weighted by Crippen LogP contribution is 2.44. The van der Waals surface area contributed by atoms with E-state index in [2.05, 4.69) is 10.6 Å². The number of aliphatic hydroxyl groups excluding tert-OH is 1. The lowest BCUT2D eigenvalue weighted by Gasteiger charge is -2.14. The summed E-state index contributed by atoms with van der Waals surface area (Å²) in [5.41, 5.74) is 4.51. The van der Waals surface area contributed by atoms with Crippen LogP contribution in [0.2, 0.25) is 0 Å². The van der Waals surface area contributed by atoms with Gasteiger partial charge in [-0.2, -0.15) is 0 Å². The fraction of sp³-hybridized carbons (Fsp3) is 0.208. The molecule has 1 atom stereocenters. The van der Waals surface area contributed by atoms with Crippen molar-refractivity contribution in [1.29, 1.82) is 0 Å². The van der Waals surface area contributed by atoms with Crippen LogP contribution < -0.4 is 10.6 Å². The Kier molecular flexibility index (Phi) is 6.41. The highest BCUT2D eigenvalue weighted by Gasteiger charge is 2.29. The van der Waals surface area contributed by atoms with Crippen LogP contribution in [-0.2, 0) is 9.53 Å². The second-order valence-corrected chi connectivity index (χ2v) is 7.51. The molecule has 170 valence electrons. The smallest absolute Gasteiger partial charge is 0.411 e. The number of carbonyl (C=O) groups is 3. The SMILES string of the molecule is O=C(Nc1ccoc1C(=O)NCCC(O)C(=O)O)OCC1c2ccccc2-c2ccccc21. The number of hydrogen-bond donors (Lipinski definition) is 4. The molecule has 9 heteroatoms. The van der Waals surface area contributed by atoms with Gasteiger partial charge in [0, 0.05) is 24.9 Å². The van der Waals surface area contributed by atoms with E-state index in [1.165, 1.54) is 12.3 Å². The number of benzene rings is 2. The van der Waals surface area contributed by atoms with Gasteiger partial charge in [0.2, 0.25) is 5.76 Å². The van der Waals surface area contributed by atoms with E-state index < -0.39 is 24.1 Å². The van der Waals surface area contributed by atoms with Crippen LogP contribution in [0.5, 0.6) is 0 Å². The Balaban J connectivity index is 1.36. The number of aliphatic carboxylic acids is 1. The molecule has 0 saturated carbocycles. The zero-order valence-corrected chi connectivity index (χ0v) is 17.5. The number of furan rings is 1. The van der Waals surface area contributed by atoms with Crippen molar-refractivity contribution < 1.29 is 33.8 Å². The minimum Gasteiger partial charge on any atom is -0.479 e. The van der Waals surface area contributed by atoms with Gasteiger partial charge < -0.3 is 24.7 Å². The number of anilines is 1. The van der Waals surface area contributed by atoms with E-state index in [0.29, 0.717) is 0 Å². The Morgan fingerprint density at radius 3 is 2.27 bits per heavy atom. The molecule has 1 aromatic heterocycles. The lowest BCUT2D eigenvalue weighted by molar-refractivity contribution is -0.146. The molecule has 0 fully saturated rings. The standard InChI is InChI=1S/C24H22N2O7/c27-20(23(29)30)9-11-25-22(28)21-19(10-12-32-21)26-24(31)33-13-18-16-7-3-1-5-14(16)15-6-2-4-8-17(15)18/h1-8,10,12,18,20,27H,9,11,13H2,(H,25,28)(H,26,31)(H,29,30). The molecule has 2 aromatic carbocycles. The minimum absolute atomic E-state index is 0.0859. The molecule has 1 aliphatic carbocycles. The summed E-state index contributed by atoms with van der Waals surface area (Å²) in [5.74, 6) is -2.30. The van der Waals surface area contributed by atoms with Crippen LogP contribution in [0.25, 0.3) is 11.1 Å². The summed E-state index contributed by atoms with van der Waals surface area (Å²) in [5, 5.41) is 22.9. The van der Waals surface area contributed by atoms with Gasteiger partial charge in [-0.15, -0.1) is 0 Å². The molecular weight excluding hydrogens is 428 g/mol. The molecule has 0 saturated heterocycles. The topological polar surface area (TPSA) is 138 Å². The molecule has 9 nitrogen and oxygen atoms in total. The van der Waals surface area contributed by atoms with Crippen molar-refractivity contribution in [2.75, 3.05) is 18.5 Å². The molecule has 0 spiro atoms. The van der Waals surface area contributed by atoms with Gasteiger partial charge in [-0.05, 0) is 22.3 Å². The molecule has 33 heavy (non-hydrogen) atoms. The van der Waals surface area contributed by atoms with Gasteiger partial charge in [-0.25, -0.2) is 9.59 Å². The third kappa shape index (κ3) is 4.73. The maximum absolute atomic E-state index is 12.4. The van der Waals surface area contributed by atoms with Gasteiger partial charge in [0.1, 0.15) is 6.61 Å². The number of rotatable bonds is 8. The monoisotopic (exact) mass is 450 g/mol. The molecular formula is C24H22N2O7. The number of hydrogen-bond acceptors (Lipinski definition) is 6. The van der Waals surface area contributed by atoms with E-state index in [4.69, 9.17) is 14.3 Å². The maximum atomic E-state index is 12.4. The quantitative estimate of drug-likeness (QED) is 0.413. The van der Waals surface area contributed by atoms with Crippen molar-refractivity contribution in [3.8, 4) is 11.1 Å². The lowest BCUT2D eigenvalue weighted by Crippen LogP contribution is -2.30. The van der Waals surface area contributed by atoms with Crippen LogP contribution in [0.3, 0.4) is 0 Å². The van der Waals surface area contributed by atoms with Crippen LogP contribution in [0.4, 0.5) is 10.5 Å². The van der Waals surface area contributed by atoms with Gasteiger partial charge in [-0.3, -0.25) is 10.1 Å². The molecule has 3 aromatic rings. The van der Waals surface area contributed by atoms with Gasteiger partial charge in [0.15, 0.2) is 6.10 Å². The summed E-state index contributed by atoms with van der Waals surface area (Å²) in [6.07, 6.45) is -1.26.